The van der Waals surface area contributed by atoms with Crippen molar-refractivity contribution in [1.29, 1.82) is 5.26 Å². The monoisotopic (exact) mass is 246 g/mol. The van der Waals surface area contributed by atoms with E-state index in [1.807, 2.05) is 32.0 Å². The second-order valence-electron chi connectivity index (χ2n) is 4.05. The third-order valence-electron chi connectivity index (χ3n) is 2.91. The van der Waals surface area contributed by atoms with Gasteiger partial charge in [-0.25, -0.2) is 0 Å². The molecule has 0 atom stereocenters. The average molecular weight is 246 g/mol. The van der Waals surface area contributed by atoms with Crippen LogP contribution < -0.4 is 10.1 Å². The van der Waals surface area contributed by atoms with Gasteiger partial charge >= 0.3 is 0 Å². The van der Waals surface area contributed by atoms with E-state index < -0.39 is 5.54 Å². The van der Waals surface area contributed by atoms with Crippen LogP contribution in [0.3, 0.4) is 0 Å². The summed E-state index contributed by atoms with van der Waals surface area (Å²) in [6.07, 6.45) is 1.16. The first kappa shape index (κ1) is 14.0. The van der Waals surface area contributed by atoms with Crippen LogP contribution in [-0.4, -0.2) is 18.1 Å². The number of hydrogen-bond donors (Lipinski definition) is 1. The Morgan fingerprint density at radius 2 is 1.94 bits per heavy atom. The summed E-state index contributed by atoms with van der Waals surface area (Å²) in [5.74, 6) is 0.368. The Labute approximate surface area is 108 Å². The molecule has 0 heterocycles. The summed E-state index contributed by atoms with van der Waals surface area (Å²) in [7, 11) is 0. The molecule has 4 heteroatoms. The largest absolute Gasteiger partial charge is 0.484 e. The number of carbonyl (C=O) groups is 1. The zero-order chi connectivity index (χ0) is 13.4. The van der Waals surface area contributed by atoms with E-state index in [2.05, 4.69) is 11.4 Å². The Bertz CT molecular complexity index is 419. The number of rotatable bonds is 6. The van der Waals surface area contributed by atoms with Gasteiger partial charge in [-0.05, 0) is 25.0 Å². The summed E-state index contributed by atoms with van der Waals surface area (Å²) in [6.45, 7) is 3.68. The lowest BCUT2D eigenvalue weighted by atomic mass is 9.95. The van der Waals surface area contributed by atoms with Crippen molar-refractivity contribution in [3.63, 3.8) is 0 Å². The first-order valence-corrected chi connectivity index (χ1v) is 6.06. The van der Waals surface area contributed by atoms with E-state index in [9.17, 15) is 4.79 Å². The van der Waals surface area contributed by atoms with Gasteiger partial charge in [-0.3, -0.25) is 4.79 Å². The van der Waals surface area contributed by atoms with Gasteiger partial charge in [0.05, 0.1) is 6.07 Å². The lowest BCUT2D eigenvalue weighted by Crippen LogP contribution is -2.48. The van der Waals surface area contributed by atoms with Gasteiger partial charge in [0, 0.05) is 0 Å². The van der Waals surface area contributed by atoms with Gasteiger partial charge < -0.3 is 10.1 Å². The fourth-order valence-electron chi connectivity index (χ4n) is 1.58. The van der Waals surface area contributed by atoms with Crippen molar-refractivity contribution in [3.8, 4) is 11.8 Å². The van der Waals surface area contributed by atoms with Crippen molar-refractivity contribution in [2.45, 2.75) is 32.2 Å². The molecule has 0 aliphatic rings. The minimum Gasteiger partial charge on any atom is -0.484 e. The van der Waals surface area contributed by atoms with Crippen molar-refractivity contribution in [1.82, 2.24) is 5.32 Å². The number of hydrogen-bond acceptors (Lipinski definition) is 3. The Balaban J connectivity index is 2.50. The molecule has 0 aromatic heterocycles. The number of carbonyl (C=O) groups excluding carboxylic acids is 1. The van der Waals surface area contributed by atoms with Gasteiger partial charge in [0.15, 0.2) is 6.61 Å². The maximum atomic E-state index is 11.7. The highest BCUT2D eigenvalue weighted by atomic mass is 16.5. The molecule has 0 saturated carbocycles. The molecular weight excluding hydrogens is 228 g/mol. The van der Waals surface area contributed by atoms with Crippen molar-refractivity contribution in [2.75, 3.05) is 6.61 Å². The quantitative estimate of drug-likeness (QED) is 0.837. The fourth-order valence-corrected chi connectivity index (χ4v) is 1.58. The predicted octanol–water partition coefficient (Wildman–Crippen LogP) is 2.26. The van der Waals surface area contributed by atoms with Crippen LogP contribution in [0.2, 0.25) is 0 Å². The minimum atomic E-state index is -0.781. The summed E-state index contributed by atoms with van der Waals surface area (Å²) in [4.78, 5) is 11.7. The molecule has 0 radical (unpaired) electrons. The van der Waals surface area contributed by atoms with Crippen LogP contribution in [0.15, 0.2) is 30.3 Å². The van der Waals surface area contributed by atoms with E-state index in [1.165, 1.54) is 0 Å². The molecule has 0 spiro atoms. The van der Waals surface area contributed by atoms with E-state index >= 15 is 0 Å². The van der Waals surface area contributed by atoms with Crippen LogP contribution in [0.5, 0.6) is 5.75 Å². The van der Waals surface area contributed by atoms with Gasteiger partial charge in [0.2, 0.25) is 0 Å². The molecule has 0 fully saturated rings. The van der Waals surface area contributed by atoms with E-state index in [0.29, 0.717) is 18.6 Å². The second-order valence-corrected chi connectivity index (χ2v) is 4.05. The predicted molar refractivity (Wildman–Crippen MR) is 69.0 cm³/mol. The number of amides is 1. The number of para-hydroxylation sites is 1. The fraction of sp³-hybridized carbons (Fsp3) is 0.429. The van der Waals surface area contributed by atoms with Crippen LogP contribution in [0, 0.1) is 11.3 Å². The van der Waals surface area contributed by atoms with Gasteiger partial charge in [-0.15, -0.1) is 0 Å². The van der Waals surface area contributed by atoms with Crippen LogP contribution in [-0.2, 0) is 4.79 Å². The number of nitrogens with one attached hydrogen (secondary N) is 1. The zero-order valence-electron chi connectivity index (χ0n) is 10.8. The van der Waals surface area contributed by atoms with Gasteiger partial charge in [0.25, 0.3) is 5.91 Å². The van der Waals surface area contributed by atoms with Crippen LogP contribution in [0.25, 0.3) is 0 Å². The van der Waals surface area contributed by atoms with Crippen LogP contribution in [0.4, 0.5) is 0 Å². The Kier molecular flexibility index (Phi) is 5.19. The molecule has 1 amide bonds. The summed E-state index contributed by atoms with van der Waals surface area (Å²) < 4.78 is 5.33. The number of nitrogens with zero attached hydrogens (tertiary/aromatic N) is 1. The summed E-state index contributed by atoms with van der Waals surface area (Å²) in [5, 5.41) is 11.8. The lowest BCUT2D eigenvalue weighted by Gasteiger charge is -2.24. The van der Waals surface area contributed by atoms with Crippen LogP contribution in [0.1, 0.15) is 26.7 Å². The topological polar surface area (TPSA) is 62.1 Å². The number of ether oxygens (including phenoxy) is 1. The lowest BCUT2D eigenvalue weighted by molar-refractivity contribution is -0.124. The van der Waals surface area contributed by atoms with E-state index in [4.69, 9.17) is 10.00 Å². The first-order valence-electron chi connectivity index (χ1n) is 6.06. The standard InChI is InChI=1S/C14H18N2O2/c1-3-14(4-2,11-15)16-13(17)10-18-12-8-6-5-7-9-12/h5-9H,3-4,10H2,1-2H3,(H,16,17). The molecule has 0 saturated heterocycles. The molecule has 1 aromatic rings. The van der Waals surface area contributed by atoms with E-state index in [1.54, 1.807) is 12.1 Å². The molecule has 1 aromatic carbocycles. The highest BCUT2D eigenvalue weighted by Crippen LogP contribution is 2.13. The molecule has 1 N–H and O–H groups in total. The smallest absolute Gasteiger partial charge is 0.259 e. The molecule has 4 nitrogen and oxygen atoms in total. The van der Waals surface area contributed by atoms with Gasteiger partial charge in [-0.2, -0.15) is 5.26 Å². The Hall–Kier alpha value is -2.02. The van der Waals surface area contributed by atoms with Gasteiger partial charge in [0.1, 0.15) is 11.3 Å². The SMILES string of the molecule is CCC(C#N)(CC)NC(=O)COc1ccccc1. The zero-order valence-corrected chi connectivity index (χ0v) is 10.8. The third kappa shape index (κ3) is 3.77. The maximum Gasteiger partial charge on any atom is 0.259 e. The van der Waals surface area contributed by atoms with Crippen LogP contribution >= 0.6 is 0 Å². The molecule has 18 heavy (non-hydrogen) atoms. The first-order chi connectivity index (χ1) is 8.65. The van der Waals surface area contributed by atoms with Gasteiger partial charge in [-0.1, -0.05) is 32.0 Å². The number of nitriles is 1. The summed E-state index contributed by atoms with van der Waals surface area (Å²) in [6, 6.07) is 11.3. The average Bonchev–Trinajstić information content (AvgIpc) is 2.44. The Morgan fingerprint density at radius 3 is 2.44 bits per heavy atom. The maximum absolute atomic E-state index is 11.7. The molecule has 0 aliphatic heterocycles. The molecule has 96 valence electrons. The van der Waals surface area contributed by atoms with E-state index in [0.717, 1.165) is 0 Å². The molecule has 1 rings (SSSR count). The highest BCUT2D eigenvalue weighted by Gasteiger charge is 2.27. The minimum absolute atomic E-state index is 0.0759. The molecule has 0 bridgehead atoms. The summed E-state index contributed by atoms with van der Waals surface area (Å²) in [5.41, 5.74) is -0.781. The normalized spacial score (nSPS) is 10.5. The van der Waals surface area contributed by atoms with Crippen molar-refractivity contribution in [3.05, 3.63) is 30.3 Å². The van der Waals surface area contributed by atoms with Crippen molar-refractivity contribution < 1.29 is 9.53 Å². The third-order valence-corrected chi connectivity index (χ3v) is 2.91. The van der Waals surface area contributed by atoms with Crippen molar-refractivity contribution >= 4 is 5.91 Å². The van der Waals surface area contributed by atoms with E-state index in [-0.39, 0.29) is 12.5 Å². The Morgan fingerprint density at radius 1 is 1.33 bits per heavy atom. The highest BCUT2D eigenvalue weighted by molar-refractivity contribution is 5.78. The second kappa shape index (κ2) is 6.65. The number of benzene rings is 1. The molecule has 0 aliphatic carbocycles. The summed E-state index contributed by atoms with van der Waals surface area (Å²) >= 11 is 0. The molecular formula is C14H18N2O2. The van der Waals surface area contributed by atoms with Crippen molar-refractivity contribution in [2.24, 2.45) is 0 Å². The molecule has 0 unspecified atom stereocenters.